The van der Waals surface area contributed by atoms with Crippen LogP contribution in [0.2, 0.25) is 0 Å². The third kappa shape index (κ3) is 4.73. The van der Waals surface area contributed by atoms with Gasteiger partial charge in [-0.05, 0) is 55.5 Å². The quantitative estimate of drug-likeness (QED) is 0.490. The van der Waals surface area contributed by atoms with Gasteiger partial charge in [-0.1, -0.05) is 15.9 Å². The molecule has 5 rings (SSSR count). The van der Waals surface area contributed by atoms with Gasteiger partial charge in [-0.3, -0.25) is 0 Å². The third-order valence-electron chi connectivity index (χ3n) is 6.10. The van der Waals surface area contributed by atoms with Crippen LogP contribution in [0.4, 0.5) is 5.82 Å². The van der Waals surface area contributed by atoms with Crippen molar-refractivity contribution in [2.45, 2.75) is 37.2 Å². The number of halogens is 1. The molecule has 3 heterocycles. The molecule has 2 bridgehead atoms. The Morgan fingerprint density at radius 1 is 1.22 bits per heavy atom. The van der Waals surface area contributed by atoms with Crippen LogP contribution < -0.4 is 19.5 Å². The Balaban J connectivity index is 1.45. The van der Waals surface area contributed by atoms with Gasteiger partial charge in [-0.15, -0.1) is 0 Å². The van der Waals surface area contributed by atoms with Crippen LogP contribution >= 0.6 is 15.9 Å². The van der Waals surface area contributed by atoms with E-state index in [2.05, 4.69) is 31.0 Å². The standard InChI is InChI=1S/C22H28BrN3O5S/c1-14-6-20(32(27,28)26-12-22-9-16(10-22)31-13-22)21(25-11-14)24-5-4-15-7-18(29-2)19(30-3)8-17(15)23/h6-8,11,16,26H,4-5,9-10,12-13H2,1-3H3,(H,24,25). The average molecular weight is 526 g/mol. The summed E-state index contributed by atoms with van der Waals surface area (Å²) < 4.78 is 46.2. The Morgan fingerprint density at radius 2 is 1.94 bits per heavy atom. The van der Waals surface area contributed by atoms with Crippen LogP contribution in [0.15, 0.2) is 33.8 Å². The number of methoxy groups -OCH3 is 2. The highest BCUT2D eigenvalue weighted by atomic mass is 79.9. The molecule has 8 nitrogen and oxygen atoms in total. The first-order valence-corrected chi connectivity index (χ1v) is 12.7. The van der Waals surface area contributed by atoms with Gasteiger partial charge in [0.15, 0.2) is 11.5 Å². The second-order valence-corrected chi connectivity index (χ2v) is 11.1. The number of fused-ring (bicyclic) bond motifs is 1. The van der Waals surface area contributed by atoms with Crippen molar-refractivity contribution in [2.24, 2.45) is 5.41 Å². The number of hydrogen-bond acceptors (Lipinski definition) is 7. The zero-order chi connectivity index (χ0) is 22.9. The molecule has 1 aliphatic carbocycles. The third-order valence-corrected chi connectivity index (χ3v) is 8.25. The lowest BCUT2D eigenvalue weighted by atomic mass is 9.70. The molecule has 0 unspecified atom stereocenters. The van der Waals surface area contributed by atoms with Crippen LogP contribution in [0.3, 0.4) is 0 Å². The van der Waals surface area contributed by atoms with E-state index in [1.165, 1.54) is 0 Å². The molecule has 32 heavy (non-hydrogen) atoms. The van der Waals surface area contributed by atoms with Crippen molar-refractivity contribution in [1.29, 1.82) is 0 Å². The van der Waals surface area contributed by atoms with Crippen molar-refractivity contribution < 1.29 is 22.6 Å². The minimum absolute atomic E-state index is 0.0533. The summed E-state index contributed by atoms with van der Waals surface area (Å²) in [6.07, 6.45) is 4.44. The predicted octanol–water partition coefficient (Wildman–Crippen LogP) is 3.28. The summed E-state index contributed by atoms with van der Waals surface area (Å²) in [5, 5.41) is 3.19. The zero-order valence-electron chi connectivity index (χ0n) is 18.4. The number of nitrogens with zero attached hydrogens (tertiary/aromatic N) is 1. The van der Waals surface area contributed by atoms with Gasteiger partial charge in [-0.25, -0.2) is 18.1 Å². The maximum atomic E-state index is 13.1. The Kier molecular flexibility index (Phi) is 6.67. The molecule has 174 valence electrons. The molecule has 10 heteroatoms. The Bertz CT molecular complexity index is 1100. The molecule has 3 aliphatic rings. The highest BCUT2D eigenvalue weighted by Crippen LogP contribution is 2.49. The summed E-state index contributed by atoms with van der Waals surface area (Å²) in [7, 11) is -0.531. The van der Waals surface area contributed by atoms with Crippen molar-refractivity contribution >= 4 is 31.8 Å². The van der Waals surface area contributed by atoms with Crippen molar-refractivity contribution in [2.75, 3.05) is 39.2 Å². The van der Waals surface area contributed by atoms with Crippen LogP contribution in [0.25, 0.3) is 0 Å². The van der Waals surface area contributed by atoms with E-state index in [-0.39, 0.29) is 10.3 Å². The van der Waals surface area contributed by atoms with E-state index in [1.807, 2.05) is 19.1 Å². The lowest BCUT2D eigenvalue weighted by Gasteiger charge is -2.35. The first-order valence-electron chi connectivity index (χ1n) is 10.5. The minimum Gasteiger partial charge on any atom is -0.493 e. The van der Waals surface area contributed by atoms with E-state index in [9.17, 15) is 8.42 Å². The number of rotatable bonds is 10. The van der Waals surface area contributed by atoms with Crippen LogP contribution in [-0.4, -0.2) is 53.4 Å². The smallest absolute Gasteiger partial charge is 0.244 e. The van der Waals surface area contributed by atoms with E-state index in [0.717, 1.165) is 28.4 Å². The Labute approximate surface area is 197 Å². The van der Waals surface area contributed by atoms with E-state index in [4.69, 9.17) is 14.2 Å². The van der Waals surface area contributed by atoms with Crippen molar-refractivity contribution in [3.63, 3.8) is 0 Å². The SMILES string of the molecule is COc1cc(Br)c(CCNc2ncc(C)cc2S(=O)(=O)NCC23COC(C2)C3)cc1OC. The fourth-order valence-electron chi connectivity index (χ4n) is 4.24. The zero-order valence-corrected chi connectivity index (χ0v) is 20.8. The Hall–Kier alpha value is -1.88. The van der Waals surface area contributed by atoms with Gasteiger partial charge in [0, 0.05) is 29.2 Å². The van der Waals surface area contributed by atoms with E-state index in [0.29, 0.717) is 49.5 Å². The number of anilines is 1. The van der Waals surface area contributed by atoms with Crippen molar-refractivity contribution in [1.82, 2.24) is 9.71 Å². The summed E-state index contributed by atoms with van der Waals surface area (Å²) in [6.45, 7) is 3.33. The normalized spacial score (nSPS) is 21.8. The van der Waals surface area contributed by atoms with Gasteiger partial charge in [0.1, 0.15) is 10.7 Å². The van der Waals surface area contributed by atoms with Crippen molar-refractivity contribution in [3.8, 4) is 11.5 Å². The molecular formula is C22H28BrN3O5S. The van der Waals surface area contributed by atoms with Gasteiger partial charge in [0.05, 0.1) is 26.9 Å². The van der Waals surface area contributed by atoms with Crippen molar-refractivity contribution in [3.05, 3.63) is 40.0 Å². The highest BCUT2D eigenvalue weighted by Gasteiger charge is 2.52. The number of pyridine rings is 1. The lowest BCUT2D eigenvalue weighted by molar-refractivity contribution is 0.113. The molecule has 0 amide bonds. The molecule has 3 fully saturated rings. The number of benzene rings is 1. The number of nitrogens with one attached hydrogen (secondary N) is 2. The molecule has 1 saturated carbocycles. The monoisotopic (exact) mass is 525 g/mol. The predicted molar refractivity (Wildman–Crippen MR) is 125 cm³/mol. The lowest BCUT2D eigenvalue weighted by Crippen LogP contribution is -2.43. The topological polar surface area (TPSA) is 98.8 Å². The fraction of sp³-hybridized carbons (Fsp3) is 0.500. The van der Waals surface area contributed by atoms with E-state index < -0.39 is 10.0 Å². The summed E-state index contributed by atoms with van der Waals surface area (Å²) in [5.41, 5.74) is 1.73. The van der Waals surface area contributed by atoms with Crippen LogP contribution in [0.5, 0.6) is 11.5 Å². The van der Waals surface area contributed by atoms with Crippen LogP contribution in [0, 0.1) is 12.3 Å². The van der Waals surface area contributed by atoms with Crippen LogP contribution in [0.1, 0.15) is 24.0 Å². The van der Waals surface area contributed by atoms with Crippen LogP contribution in [-0.2, 0) is 21.2 Å². The largest absolute Gasteiger partial charge is 0.493 e. The van der Waals surface area contributed by atoms with Gasteiger partial charge >= 0.3 is 0 Å². The number of hydrogen-bond donors (Lipinski definition) is 2. The minimum atomic E-state index is -3.71. The maximum Gasteiger partial charge on any atom is 0.244 e. The molecule has 2 aromatic rings. The van der Waals surface area contributed by atoms with Gasteiger partial charge in [-0.2, -0.15) is 0 Å². The molecule has 2 N–H and O–H groups in total. The van der Waals surface area contributed by atoms with Gasteiger partial charge in [0.2, 0.25) is 10.0 Å². The summed E-state index contributed by atoms with van der Waals surface area (Å²) >= 11 is 3.56. The summed E-state index contributed by atoms with van der Waals surface area (Å²) in [5.74, 6) is 1.62. The first kappa shape index (κ1) is 23.3. The summed E-state index contributed by atoms with van der Waals surface area (Å²) in [6, 6.07) is 5.41. The number of aromatic nitrogens is 1. The molecular weight excluding hydrogens is 498 g/mol. The van der Waals surface area contributed by atoms with Gasteiger partial charge in [0.25, 0.3) is 0 Å². The molecule has 2 saturated heterocycles. The maximum absolute atomic E-state index is 13.1. The average Bonchev–Trinajstić information content (AvgIpc) is 3.35. The number of ether oxygens (including phenoxy) is 3. The Morgan fingerprint density at radius 3 is 2.59 bits per heavy atom. The molecule has 1 aromatic carbocycles. The second-order valence-electron chi connectivity index (χ2n) is 8.50. The summed E-state index contributed by atoms with van der Waals surface area (Å²) in [4.78, 5) is 4.52. The fourth-order valence-corrected chi connectivity index (χ4v) is 6.13. The molecule has 0 spiro atoms. The number of aryl methyl sites for hydroxylation is 1. The van der Waals surface area contributed by atoms with Gasteiger partial charge < -0.3 is 19.5 Å². The molecule has 2 aliphatic heterocycles. The molecule has 0 atom stereocenters. The highest BCUT2D eigenvalue weighted by molar-refractivity contribution is 9.10. The van der Waals surface area contributed by atoms with E-state index >= 15 is 0 Å². The molecule has 1 aromatic heterocycles. The first-order chi connectivity index (χ1) is 15.2. The number of sulfonamides is 1. The van der Waals surface area contributed by atoms with E-state index in [1.54, 1.807) is 26.5 Å². The molecule has 0 radical (unpaired) electrons. The second kappa shape index (κ2) is 9.17.